The van der Waals surface area contributed by atoms with E-state index < -0.39 is 0 Å². The number of hydrogen-bond donors (Lipinski definition) is 1. The van der Waals surface area contributed by atoms with E-state index in [1.165, 1.54) is 37.7 Å². The number of anilines is 1. The minimum absolute atomic E-state index is 0.363. The molecule has 2 aromatic rings. The largest absolute Gasteiger partial charge is 0.383 e. The number of fused-ring (bicyclic) bond motifs is 4. The van der Waals surface area contributed by atoms with E-state index in [0.717, 1.165) is 36.2 Å². The molecule has 4 heterocycles. The molecule has 0 aromatic carbocycles. The molecule has 1 saturated carbocycles. The summed E-state index contributed by atoms with van der Waals surface area (Å²) in [7, 11) is 0. The van der Waals surface area contributed by atoms with Gasteiger partial charge in [-0.25, -0.2) is 4.98 Å². The molecule has 6 nitrogen and oxygen atoms in total. The van der Waals surface area contributed by atoms with Crippen molar-refractivity contribution in [3.63, 3.8) is 0 Å². The molecule has 2 N–H and O–H groups in total. The summed E-state index contributed by atoms with van der Waals surface area (Å²) in [5.74, 6) is 0.365. The normalized spacial score (nSPS) is 24.9. The summed E-state index contributed by atoms with van der Waals surface area (Å²) in [6, 6.07) is 3.97. The summed E-state index contributed by atoms with van der Waals surface area (Å²) in [4.78, 5) is 7.47. The van der Waals surface area contributed by atoms with Gasteiger partial charge in [0.1, 0.15) is 17.5 Å². The Morgan fingerprint density at radius 3 is 2.74 bits per heavy atom. The number of aryl methyl sites for hydroxylation is 1. The Hall–Kier alpha value is -2.39. The molecule has 3 aliphatic rings. The van der Waals surface area contributed by atoms with E-state index in [-0.39, 0.29) is 0 Å². The van der Waals surface area contributed by atoms with Crippen LogP contribution in [-0.4, -0.2) is 31.7 Å². The number of nitrogens with zero attached hydrogens (tertiary/aromatic N) is 5. The van der Waals surface area contributed by atoms with E-state index in [9.17, 15) is 5.26 Å². The van der Waals surface area contributed by atoms with Crippen molar-refractivity contribution >= 4 is 5.82 Å². The van der Waals surface area contributed by atoms with Crippen molar-refractivity contribution in [2.45, 2.75) is 76.5 Å². The third kappa shape index (κ3) is 2.49. The van der Waals surface area contributed by atoms with Gasteiger partial charge < -0.3 is 5.73 Å². The molecule has 1 aliphatic carbocycles. The smallest absolute Gasteiger partial charge is 0.142 e. The Bertz CT molecular complexity index is 917. The second-order valence-corrected chi connectivity index (χ2v) is 8.14. The lowest BCUT2D eigenvalue weighted by Gasteiger charge is -2.41. The van der Waals surface area contributed by atoms with Gasteiger partial charge in [-0.2, -0.15) is 10.4 Å². The average Bonchev–Trinajstić information content (AvgIpc) is 3.40. The zero-order chi connectivity index (χ0) is 18.5. The van der Waals surface area contributed by atoms with Crippen molar-refractivity contribution < 1.29 is 0 Å². The number of nitrogens with two attached hydrogens (primary N) is 1. The first-order valence-electron chi connectivity index (χ1n) is 10.2. The van der Waals surface area contributed by atoms with Crippen LogP contribution in [0.15, 0.2) is 12.4 Å². The van der Waals surface area contributed by atoms with Gasteiger partial charge in [0.05, 0.1) is 6.20 Å². The van der Waals surface area contributed by atoms with Crippen LogP contribution in [0.2, 0.25) is 0 Å². The van der Waals surface area contributed by atoms with Gasteiger partial charge in [-0.15, -0.1) is 0 Å². The molecule has 1 saturated heterocycles. The Balaban J connectivity index is 1.70. The van der Waals surface area contributed by atoms with E-state index in [4.69, 9.17) is 10.7 Å². The van der Waals surface area contributed by atoms with Crippen LogP contribution in [-0.2, 0) is 13.0 Å². The highest BCUT2D eigenvalue weighted by Crippen LogP contribution is 2.50. The van der Waals surface area contributed by atoms with Crippen LogP contribution in [0.1, 0.15) is 68.3 Å². The van der Waals surface area contributed by atoms with Crippen LogP contribution in [0.5, 0.6) is 0 Å². The maximum absolute atomic E-state index is 9.86. The number of nitrogen functional groups attached to an aromatic ring is 1. The van der Waals surface area contributed by atoms with Gasteiger partial charge in [-0.3, -0.25) is 9.58 Å². The molecule has 140 valence electrons. The summed E-state index contributed by atoms with van der Waals surface area (Å²) in [5, 5.41) is 14.3. The molecule has 27 heavy (non-hydrogen) atoms. The van der Waals surface area contributed by atoms with Crippen LogP contribution in [0, 0.1) is 11.3 Å². The zero-order valence-corrected chi connectivity index (χ0v) is 15.9. The minimum Gasteiger partial charge on any atom is -0.383 e. The van der Waals surface area contributed by atoms with Gasteiger partial charge in [0, 0.05) is 59.7 Å². The first-order chi connectivity index (χ1) is 13.2. The molecule has 0 spiro atoms. The van der Waals surface area contributed by atoms with Crippen LogP contribution in [0.3, 0.4) is 0 Å². The van der Waals surface area contributed by atoms with Gasteiger partial charge in [-0.1, -0.05) is 12.8 Å². The van der Waals surface area contributed by atoms with Gasteiger partial charge in [0.15, 0.2) is 0 Å². The van der Waals surface area contributed by atoms with Crippen LogP contribution >= 0.6 is 0 Å². The summed E-state index contributed by atoms with van der Waals surface area (Å²) >= 11 is 0. The molecular weight excluding hydrogens is 336 g/mol. The van der Waals surface area contributed by atoms with Crippen LogP contribution in [0.25, 0.3) is 11.1 Å². The van der Waals surface area contributed by atoms with Gasteiger partial charge in [-0.05, 0) is 32.6 Å². The number of hydrogen-bond acceptors (Lipinski definition) is 5. The van der Waals surface area contributed by atoms with Crippen molar-refractivity contribution in [3.8, 4) is 17.2 Å². The van der Waals surface area contributed by atoms with Crippen molar-refractivity contribution in [1.29, 1.82) is 5.26 Å². The van der Waals surface area contributed by atoms with Crippen LogP contribution in [0.4, 0.5) is 5.82 Å². The molecule has 2 atom stereocenters. The van der Waals surface area contributed by atoms with Gasteiger partial charge in [0.25, 0.3) is 0 Å². The SMILES string of the molecule is CCn1cc(-c2c(C#N)c(N)nc3c2[C@H]2CC[C@@H](C3)N2C2CCCC2)cn1. The highest BCUT2D eigenvalue weighted by Gasteiger charge is 2.46. The minimum atomic E-state index is 0.363. The molecule has 6 heteroatoms. The summed E-state index contributed by atoms with van der Waals surface area (Å²) < 4.78 is 1.91. The third-order valence-electron chi connectivity index (χ3n) is 6.76. The fourth-order valence-corrected chi connectivity index (χ4v) is 5.64. The molecule has 0 amide bonds. The fourth-order valence-electron chi connectivity index (χ4n) is 5.64. The van der Waals surface area contributed by atoms with E-state index in [2.05, 4.69) is 23.0 Å². The zero-order valence-electron chi connectivity index (χ0n) is 15.9. The Labute approximate surface area is 160 Å². The molecule has 2 aliphatic heterocycles. The predicted molar refractivity (Wildman–Crippen MR) is 104 cm³/mol. The van der Waals surface area contributed by atoms with Gasteiger partial charge in [0.2, 0.25) is 0 Å². The van der Waals surface area contributed by atoms with E-state index in [1.807, 2.05) is 17.1 Å². The monoisotopic (exact) mass is 362 g/mol. The van der Waals surface area contributed by atoms with Crippen molar-refractivity contribution in [1.82, 2.24) is 19.7 Å². The second-order valence-electron chi connectivity index (χ2n) is 8.14. The number of rotatable bonds is 3. The number of nitriles is 1. The summed E-state index contributed by atoms with van der Waals surface area (Å²) in [5.41, 5.74) is 11.1. The third-order valence-corrected chi connectivity index (χ3v) is 6.76. The molecule has 2 aromatic heterocycles. The van der Waals surface area contributed by atoms with Gasteiger partial charge >= 0.3 is 0 Å². The van der Waals surface area contributed by atoms with E-state index in [0.29, 0.717) is 29.5 Å². The standard InChI is InChI=1S/C21H26N6/c1-2-26-12-13(11-24-26)19-16(10-22)21(23)25-17-9-15-7-8-18(20(17)19)27(15)14-5-3-4-6-14/h11-12,14-15,18H,2-9H2,1H3,(H2,23,25)/t15-,18+/m0/s1. The van der Waals surface area contributed by atoms with E-state index in [1.54, 1.807) is 0 Å². The maximum Gasteiger partial charge on any atom is 0.142 e. The lowest BCUT2D eigenvalue weighted by molar-refractivity contribution is 0.116. The topological polar surface area (TPSA) is 83.8 Å². The molecule has 5 rings (SSSR count). The Kier molecular flexibility index (Phi) is 3.94. The average molecular weight is 362 g/mol. The summed E-state index contributed by atoms with van der Waals surface area (Å²) in [6.45, 7) is 2.88. The lowest BCUT2D eigenvalue weighted by Crippen LogP contribution is -2.44. The summed E-state index contributed by atoms with van der Waals surface area (Å²) in [6.07, 6.45) is 12.5. The second kappa shape index (κ2) is 6.35. The van der Waals surface area contributed by atoms with Crippen molar-refractivity contribution in [2.75, 3.05) is 5.73 Å². The first kappa shape index (κ1) is 16.8. The lowest BCUT2D eigenvalue weighted by atomic mass is 9.87. The number of pyridine rings is 1. The molecular formula is C21H26N6. The predicted octanol–water partition coefficient (Wildman–Crippen LogP) is 3.42. The van der Waals surface area contributed by atoms with Crippen LogP contribution < -0.4 is 5.73 Å². The molecule has 0 radical (unpaired) electrons. The first-order valence-corrected chi connectivity index (χ1v) is 10.2. The Morgan fingerprint density at radius 2 is 2.04 bits per heavy atom. The molecule has 2 bridgehead atoms. The Morgan fingerprint density at radius 1 is 1.22 bits per heavy atom. The number of aromatic nitrogens is 3. The fraction of sp³-hybridized carbons (Fsp3) is 0.571. The quantitative estimate of drug-likeness (QED) is 0.904. The molecule has 2 fully saturated rings. The van der Waals surface area contributed by atoms with E-state index >= 15 is 0 Å². The maximum atomic E-state index is 9.86. The highest BCUT2D eigenvalue weighted by atomic mass is 15.3. The highest BCUT2D eigenvalue weighted by molar-refractivity contribution is 5.79. The van der Waals surface area contributed by atoms with Crippen molar-refractivity contribution in [3.05, 3.63) is 29.2 Å². The van der Waals surface area contributed by atoms with Crippen molar-refractivity contribution in [2.24, 2.45) is 0 Å². The molecule has 0 unspecified atom stereocenters.